The summed E-state index contributed by atoms with van der Waals surface area (Å²) in [5.41, 5.74) is 0.530. The highest BCUT2D eigenvalue weighted by atomic mass is 19.1. The van der Waals surface area contributed by atoms with Crippen LogP contribution in [-0.2, 0) is 4.74 Å². The molecule has 1 aromatic carbocycles. The predicted molar refractivity (Wildman–Crippen MR) is 109 cm³/mol. The normalized spacial score (nSPS) is 14.8. The van der Waals surface area contributed by atoms with E-state index in [0.717, 1.165) is 58.5 Å². The first-order valence-corrected chi connectivity index (χ1v) is 10.5. The van der Waals surface area contributed by atoms with Gasteiger partial charge in [-0.05, 0) is 18.6 Å². The predicted octanol–water partition coefficient (Wildman–Crippen LogP) is 3.84. The van der Waals surface area contributed by atoms with Crippen molar-refractivity contribution in [1.82, 2.24) is 15.0 Å². The molecule has 7 heteroatoms. The number of carbonyl (C=O) groups excluding carboxylic acids is 1. The fourth-order valence-electron chi connectivity index (χ4n) is 3.46. The summed E-state index contributed by atoms with van der Waals surface area (Å²) in [5.74, 6) is -0.293. The van der Waals surface area contributed by atoms with E-state index in [2.05, 4.69) is 17.0 Å². The van der Waals surface area contributed by atoms with E-state index in [0.29, 0.717) is 18.7 Å². The highest BCUT2D eigenvalue weighted by Crippen LogP contribution is 2.23. The standard InChI is InChI=1S/C22H30FN3O3/c1-2-3-4-7-10-26(12-11-25-13-15-28-16-14-25)22(27)20-17-21(29-24-20)18-8-5-6-9-19(18)23/h5-6,8-9,17H,2-4,7,10-16H2,1H3. The molecular formula is C22H30FN3O3. The summed E-state index contributed by atoms with van der Waals surface area (Å²) in [6.07, 6.45) is 4.36. The molecule has 0 aliphatic carbocycles. The van der Waals surface area contributed by atoms with Gasteiger partial charge in [-0.1, -0.05) is 43.5 Å². The lowest BCUT2D eigenvalue weighted by Gasteiger charge is -2.29. The van der Waals surface area contributed by atoms with Crippen molar-refractivity contribution in [3.63, 3.8) is 0 Å². The lowest BCUT2D eigenvalue weighted by Crippen LogP contribution is -2.43. The monoisotopic (exact) mass is 403 g/mol. The van der Waals surface area contributed by atoms with Crippen LogP contribution in [0.1, 0.15) is 43.1 Å². The van der Waals surface area contributed by atoms with E-state index in [-0.39, 0.29) is 17.4 Å². The van der Waals surface area contributed by atoms with E-state index in [4.69, 9.17) is 9.26 Å². The number of carbonyl (C=O) groups is 1. The maximum absolute atomic E-state index is 14.0. The van der Waals surface area contributed by atoms with E-state index < -0.39 is 5.82 Å². The van der Waals surface area contributed by atoms with E-state index in [1.165, 1.54) is 12.1 Å². The molecule has 0 radical (unpaired) electrons. The lowest BCUT2D eigenvalue weighted by molar-refractivity contribution is 0.0323. The fraction of sp³-hybridized carbons (Fsp3) is 0.545. The molecule has 1 aliphatic rings. The third-order valence-electron chi connectivity index (χ3n) is 5.23. The first-order valence-electron chi connectivity index (χ1n) is 10.5. The summed E-state index contributed by atoms with van der Waals surface area (Å²) in [7, 11) is 0. The molecule has 1 amide bonds. The van der Waals surface area contributed by atoms with Crippen LogP contribution >= 0.6 is 0 Å². The van der Waals surface area contributed by atoms with Crippen molar-refractivity contribution < 1.29 is 18.4 Å². The highest BCUT2D eigenvalue weighted by molar-refractivity contribution is 5.93. The largest absolute Gasteiger partial charge is 0.379 e. The highest BCUT2D eigenvalue weighted by Gasteiger charge is 2.22. The van der Waals surface area contributed by atoms with Gasteiger partial charge in [0.05, 0.1) is 18.8 Å². The van der Waals surface area contributed by atoms with Crippen molar-refractivity contribution in [2.45, 2.75) is 32.6 Å². The van der Waals surface area contributed by atoms with Crippen molar-refractivity contribution >= 4 is 5.91 Å². The smallest absolute Gasteiger partial charge is 0.276 e. The Morgan fingerprint density at radius 3 is 2.72 bits per heavy atom. The van der Waals surface area contributed by atoms with Crippen LogP contribution in [0.4, 0.5) is 4.39 Å². The van der Waals surface area contributed by atoms with Gasteiger partial charge in [0.15, 0.2) is 11.5 Å². The van der Waals surface area contributed by atoms with Gasteiger partial charge in [-0.25, -0.2) is 4.39 Å². The van der Waals surface area contributed by atoms with Crippen LogP contribution in [0.5, 0.6) is 0 Å². The second-order valence-corrected chi connectivity index (χ2v) is 7.36. The van der Waals surface area contributed by atoms with Gasteiger partial charge in [0.1, 0.15) is 5.82 Å². The van der Waals surface area contributed by atoms with E-state index in [1.807, 2.05) is 4.90 Å². The van der Waals surface area contributed by atoms with Crippen LogP contribution in [0, 0.1) is 5.82 Å². The molecule has 1 aromatic heterocycles. The molecule has 3 rings (SSSR count). The Bertz CT molecular complexity index is 774. The van der Waals surface area contributed by atoms with Crippen molar-refractivity contribution in [1.29, 1.82) is 0 Å². The molecule has 6 nitrogen and oxygen atoms in total. The van der Waals surface area contributed by atoms with Crippen molar-refractivity contribution in [2.24, 2.45) is 0 Å². The minimum Gasteiger partial charge on any atom is -0.379 e. The fourth-order valence-corrected chi connectivity index (χ4v) is 3.46. The van der Waals surface area contributed by atoms with E-state index in [9.17, 15) is 9.18 Å². The van der Waals surface area contributed by atoms with E-state index >= 15 is 0 Å². The Labute approximate surface area is 171 Å². The number of hydrogen-bond donors (Lipinski definition) is 0. The number of rotatable bonds is 10. The molecule has 0 saturated carbocycles. The van der Waals surface area contributed by atoms with Gasteiger partial charge in [0.25, 0.3) is 5.91 Å². The maximum atomic E-state index is 14.0. The molecular weight excluding hydrogens is 373 g/mol. The number of hydrogen-bond acceptors (Lipinski definition) is 5. The summed E-state index contributed by atoms with van der Waals surface area (Å²) < 4.78 is 24.7. The zero-order chi connectivity index (χ0) is 20.5. The number of nitrogens with zero attached hydrogens (tertiary/aromatic N) is 3. The molecule has 0 bridgehead atoms. The van der Waals surface area contributed by atoms with Crippen LogP contribution in [0.15, 0.2) is 34.9 Å². The summed E-state index contributed by atoms with van der Waals surface area (Å²) in [4.78, 5) is 17.2. The number of unbranched alkanes of at least 4 members (excludes halogenated alkanes) is 3. The molecule has 29 heavy (non-hydrogen) atoms. The van der Waals surface area contributed by atoms with Gasteiger partial charge in [-0.3, -0.25) is 9.69 Å². The first-order chi connectivity index (χ1) is 14.2. The molecule has 2 heterocycles. The molecule has 0 N–H and O–H groups in total. The van der Waals surface area contributed by atoms with Gasteiger partial charge in [-0.15, -0.1) is 0 Å². The molecule has 1 saturated heterocycles. The number of amides is 1. The Morgan fingerprint density at radius 1 is 1.17 bits per heavy atom. The van der Waals surface area contributed by atoms with Gasteiger partial charge in [0.2, 0.25) is 0 Å². The number of morpholine rings is 1. The van der Waals surface area contributed by atoms with Crippen LogP contribution < -0.4 is 0 Å². The van der Waals surface area contributed by atoms with Crippen molar-refractivity contribution in [3.8, 4) is 11.3 Å². The zero-order valence-electron chi connectivity index (χ0n) is 17.1. The minimum absolute atomic E-state index is 0.166. The number of aromatic nitrogens is 1. The van der Waals surface area contributed by atoms with Crippen LogP contribution in [0.2, 0.25) is 0 Å². The first kappa shape index (κ1) is 21.5. The van der Waals surface area contributed by atoms with Crippen molar-refractivity contribution in [3.05, 3.63) is 41.8 Å². The Morgan fingerprint density at radius 2 is 1.97 bits per heavy atom. The van der Waals surface area contributed by atoms with E-state index in [1.54, 1.807) is 18.2 Å². The van der Waals surface area contributed by atoms with Crippen LogP contribution in [0.3, 0.4) is 0 Å². The second kappa shape index (κ2) is 11.1. The molecule has 0 atom stereocenters. The molecule has 2 aromatic rings. The van der Waals surface area contributed by atoms with Crippen LogP contribution in [0.25, 0.3) is 11.3 Å². The average Bonchev–Trinajstić information content (AvgIpc) is 3.24. The number of halogens is 1. The molecule has 0 unspecified atom stereocenters. The third-order valence-corrected chi connectivity index (χ3v) is 5.23. The SMILES string of the molecule is CCCCCCN(CCN1CCOCC1)C(=O)c1cc(-c2ccccc2F)on1. The second-order valence-electron chi connectivity index (χ2n) is 7.36. The van der Waals surface area contributed by atoms with Gasteiger partial charge >= 0.3 is 0 Å². The number of benzene rings is 1. The number of ether oxygens (including phenoxy) is 1. The Balaban J connectivity index is 1.66. The van der Waals surface area contributed by atoms with Gasteiger partial charge in [0, 0.05) is 38.8 Å². The third kappa shape index (κ3) is 6.11. The Kier molecular flexibility index (Phi) is 8.19. The zero-order valence-corrected chi connectivity index (χ0v) is 17.1. The minimum atomic E-state index is -0.397. The van der Waals surface area contributed by atoms with Crippen molar-refractivity contribution in [2.75, 3.05) is 45.9 Å². The topological polar surface area (TPSA) is 58.8 Å². The average molecular weight is 403 g/mol. The van der Waals surface area contributed by atoms with Crippen LogP contribution in [-0.4, -0.2) is 66.8 Å². The molecule has 1 aliphatic heterocycles. The molecule has 0 spiro atoms. The summed E-state index contributed by atoms with van der Waals surface area (Å²) >= 11 is 0. The van der Waals surface area contributed by atoms with Gasteiger partial charge < -0.3 is 14.2 Å². The lowest BCUT2D eigenvalue weighted by atomic mass is 10.1. The van der Waals surface area contributed by atoms with Gasteiger partial charge in [-0.2, -0.15) is 0 Å². The molecule has 158 valence electrons. The molecule has 1 fully saturated rings. The summed E-state index contributed by atoms with van der Waals surface area (Å²) in [5, 5.41) is 3.93. The summed E-state index contributed by atoms with van der Waals surface area (Å²) in [6, 6.07) is 7.86. The quantitative estimate of drug-likeness (QED) is 0.564. The Hall–Kier alpha value is -2.25. The maximum Gasteiger partial charge on any atom is 0.276 e. The summed E-state index contributed by atoms with van der Waals surface area (Å²) in [6.45, 7) is 7.54.